The van der Waals surface area contributed by atoms with Crippen LogP contribution in [0.3, 0.4) is 0 Å². The zero-order valence-corrected chi connectivity index (χ0v) is 6.96. The van der Waals surface area contributed by atoms with E-state index in [2.05, 4.69) is 5.32 Å². The van der Waals surface area contributed by atoms with Crippen molar-refractivity contribution < 1.29 is 8.78 Å². The minimum atomic E-state index is -2.35. The van der Waals surface area contributed by atoms with Crippen molar-refractivity contribution in [1.82, 2.24) is 5.32 Å². The summed E-state index contributed by atoms with van der Waals surface area (Å²) >= 11 is 0. The van der Waals surface area contributed by atoms with E-state index in [1.54, 1.807) is 0 Å². The van der Waals surface area contributed by atoms with Gasteiger partial charge in [0.1, 0.15) is 0 Å². The summed E-state index contributed by atoms with van der Waals surface area (Å²) in [5.74, 6) is -1.83. The number of fused-ring (bicyclic) bond motifs is 1. The summed E-state index contributed by atoms with van der Waals surface area (Å²) in [6, 6.07) is 0. The molecule has 1 aliphatic carbocycles. The molecule has 0 bridgehead atoms. The molecular weight excluding hydrogens is 172 g/mol. The third-order valence-electron chi connectivity index (χ3n) is 2.60. The van der Waals surface area contributed by atoms with E-state index in [1.807, 2.05) is 0 Å². The van der Waals surface area contributed by atoms with E-state index in [9.17, 15) is 8.78 Å². The second kappa shape index (κ2) is 2.87. The van der Waals surface area contributed by atoms with Crippen molar-refractivity contribution in [3.05, 3.63) is 0 Å². The summed E-state index contributed by atoms with van der Waals surface area (Å²) < 4.78 is 25.3. The van der Waals surface area contributed by atoms with Gasteiger partial charge in [-0.15, -0.1) is 12.4 Å². The van der Waals surface area contributed by atoms with Gasteiger partial charge in [0.25, 0.3) is 0 Å². The molecule has 1 N–H and O–H groups in total. The lowest BCUT2D eigenvalue weighted by Crippen LogP contribution is -2.17. The van der Waals surface area contributed by atoms with Crippen LogP contribution >= 0.6 is 12.4 Å². The second-order valence-electron chi connectivity index (χ2n) is 3.44. The first-order chi connectivity index (χ1) is 4.67. The fraction of sp³-hybridized carbons (Fsp3) is 1.00. The van der Waals surface area contributed by atoms with Crippen molar-refractivity contribution in [3.8, 4) is 0 Å². The molecule has 0 aromatic heterocycles. The molecule has 0 radical (unpaired) electrons. The maximum atomic E-state index is 12.6. The van der Waals surface area contributed by atoms with Crippen molar-refractivity contribution in [2.75, 3.05) is 13.1 Å². The van der Waals surface area contributed by atoms with Crippen LogP contribution in [0, 0.1) is 11.8 Å². The van der Waals surface area contributed by atoms with E-state index in [4.69, 9.17) is 0 Å². The van der Waals surface area contributed by atoms with Crippen LogP contribution in [0.25, 0.3) is 0 Å². The zero-order chi connectivity index (χ0) is 7.19. The molecule has 0 spiro atoms. The van der Waals surface area contributed by atoms with Crippen LogP contribution in [0.15, 0.2) is 0 Å². The monoisotopic (exact) mass is 183 g/mol. The van der Waals surface area contributed by atoms with Crippen LogP contribution in [-0.2, 0) is 0 Å². The van der Waals surface area contributed by atoms with Crippen molar-refractivity contribution in [3.63, 3.8) is 0 Å². The van der Waals surface area contributed by atoms with Crippen molar-refractivity contribution >= 4 is 12.4 Å². The molecule has 4 heteroatoms. The van der Waals surface area contributed by atoms with Gasteiger partial charge in [-0.3, -0.25) is 0 Å². The smallest absolute Gasteiger partial charge is 0.248 e. The average molecular weight is 184 g/mol. The fourth-order valence-corrected chi connectivity index (χ4v) is 2.12. The lowest BCUT2D eigenvalue weighted by molar-refractivity contribution is 0.00112. The summed E-state index contributed by atoms with van der Waals surface area (Å²) in [5, 5.41) is 3.13. The van der Waals surface area contributed by atoms with Crippen molar-refractivity contribution in [2.24, 2.45) is 11.8 Å². The number of halogens is 3. The maximum Gasteiger partial charge on any atom is 0.248 e. The van der Waals surface area contributed by atoms with E-state index >= 15 is 0 Å². The number of hydrogen-bond acceptors (Lipinski definition) is 1. The minimum Gasteiger partial charge on any atom is -0.316 e. The largest absolute Gasteiger partial charge is 0.316 e. The lowest BCUT2D eigenvalue weighted by atomic mass is 10.0. The molecule has 2 atom stereocenters. The van der Waals surface area contributed by atoms with Gasteiger partial charge < -0.3 is 5.32 Å². The number of rotatable bonds is 0. The quantitative estimate of drug-likeness (QED) is 0.603. The highest BCUT2D eigenvalue weighted by Crippen LogP contribution is 2.44. The Labute approximate surface area is 71.0 Å². The normalized spacial score (nSPS) is 39.8. The van der Waals surface area contributed by atoms with Gasteiger partial charge in [0.2, 0.25) is 5.92 Å². The van der Waals surface area contributed by atoms with Crippen LogP contribution in [-0.4, -0.2) is 19.0 Å². The number of hydrogen-bond donors (Lipinski definition) is 1. The van der Waals surface area contributed by atoms with Gasteiger partial charge in [0.05, 0.1) is 0 Å². The summed E-state index contributed by atoms with van der Waals surface area (Å²) in [5.41, 5.74) is 0. The zero-order valence-electron chi connectivity index (χ0n) is 6.15. The van der Waals surface area contributed by atoms with Crippen LogP contribution in [0.2, 0.25) is 0 Å². The predicted molar refractivity (Wildman–Crippen MR) is 41.3 cm³/mol. The third kappa shape index (κ3) is 1.64. The molecule has 11 heavy (non-hydrogen) atoms. The van der Waals surface area contributed by atoms with Gasteiger partial charge in [-0.05, 0) is 24.9 Å². The van der Waals surface area contributed by atoms with Gasteiger partial charge in [-0.2, -0.15) is 0 Å². The summed E-state index contributed by atoms with van der Waals surface area (Å²) in [6.45, 7) is 1.61. The van der Waals surface area contributed by atoms with E-state index < -0.39 is 5.92 Å². The molecule has 1 aliphatic heterocycles. The van der Waals surface area contributed by atoms with Gasteiger partial charge in [0, 0.05) is 12.8 Å². The van der Waals surface area contributed by atoms with Gasteiger partial charge in [-0.1, -0.05) is 0 Å². The Bertz CT molecular complexity index is 137. The van der Waals surface area contributed by atoms with Crippen LogP contribution in [0.5, 0.6) is 0 Å². The fourth-order valence-electron chi connectivity index (χ4n) is 2.12. The number of alkyl halides is 2. The van der Waals surface area contributed by atoms with Crippen LogP contribution in [0.4, 0.5) is 8.78 Å². The molecule has 66 valence electrons. The molecule has 0 aromatic rings. The van der Waals surface area contributed by atoms with E-state index in [0.29, 0.717) is 0 Å². The minimum absolute atomic E-state index is 0. The first kappa shape index (κ1) is 9.20. The Hall–Kier alpha value is 0.110. The van der Waals surface area contributed by atoms with Crippen molar-refractivity contribution in [2.45, 2.75) is 18.8 Å². The van der Waals surface area contributed by atoms with Gasteiger partial charge in [-0.25, -0.2) is 8.78 Å². The lowest BCUT2D eigenvalue weighted by Gasteiger charge is -2.08. The Balaban J connectivity index is 0.000000605. The molecule has 2 fully saturated rings. The third-order valence-corrected chi connectivity index (χ3v) is 2.60. The van der Waals surface area contributed by atoms with E-state index in [0.717, 1.165) is 13.1 Å². The van der Waals surface area contributed by atoms with Gasteiger partial charge in [0.15, 0.2) is 0 Å². The second-order valence-corrected chi connectivity index (χ2v) is 3.44. The molecule has 2 aliphatic rings. The van der Waals surface area contributed by atoms with E-state index in [-0.39, 0.29) is 37.1 Å². The molecule has 0 aromatic carbocycles. The highest BCUT2D eigenvalue weighted by molar-refractivity contribution is 5.85. The molecular formula is C7H12ClF2N. The Kier molecular flexibility index (Phi) is 2.40. The first-order valence-corrected chi connectivity index (χ1v) is 3.76. The maximum absolute atomic E-state index is 12.6. The Morgan fingerprint density at radius 3 is 2.00 bits per heavy atom. The number of nitrogens with one attached hydrogen (secondary N) is 1. The molecule has 1 saturated heterocycles. The molecule has 1 saturated carbocycles. The average Bonchev–Trinajstić information content (AvgIpc) is 2.20. The Morgan fingerprint density at radius 2 is 1.55 bits per heavy atom. The predicted octanol–water partition coefficient (Wildman–Crippen LogP) is 1.67. The summed E-state index contributed by atoms with van der Waals surface area (Å²) in [7, 11) is 0. The molecule has 1 nitrogen and oxygen atoms in total. The SMILES string of the molecule is Cl.FC1(F)C[C@H]2CNC[C@H]2C1. The van der Waals surface area contributed by atoms with Gasteiger partial charge >= 0.3 is 0 Å². The molecule has 0 unspecified atom stereocenters. The highest BCUT2D eigenvalue weighted by Gasteiger charge is 2.47. The molecule has 2 rings (SSSR count). The standard InChI is InChI=1S/C7H11F2N.ClH/c8-7(9)1-5-3-10-4-6(5)2-7;/h5-6,10H,1-4H2;1H/t5-,6+;. The summed E-state index contributed by atoms with van der Waals surface area (Å²) in [6.07, 6.45) is 0.231. The summed E-state index contributed by atoms with van der Waals surface area (Å²) in [4.78, 5) is 0. The van der Waals surface area contributed by atoms with Crippen LogP contribution in [0.1, 0.15) is 12.8 Å². The molecule has 0 amide bonds. The first-order valence-electron chi connectivity index (χ1n) is 3.76. The van der Waals surface area contributed by atoms with Crippen molar-refractivity contribution in [1.29, 1.82) is 0 Å². The topological polar surface area (TPSA) is 12.0 Å². The van der Waals surface area contributed by atoms with Crippen LogP contribution < -0.4 is 5.32 Å². The molecule has 1 heterocycles. The Morgan fingerprint density at radius 1 is 1.09 bits per heavy atom. The highest BCUT2D eigenvalue weighted by atomic mass is 35.5. The van der Waals surface area contributed by atoms with E-state index in [1.165, 1.54) is 0 Å².